The van der Waals surface area contributed by atoms with Gasteiger partial charge >= 0.3 is 0 Å². The van der Waals surface area contributed by atoms with Gasteiger partial charge in [0, 0.05) is 26.6 Å². The van der Waals surface area contributed by atoms with Gasteiger partial charge in [-0.25, -0.2) is 0 Å². The molecule has 0 bridgehead atoms. The fourth-order valence-corrected chi connectivity index (χ4v) is 1.68. The molecule has 1 rings (SSSR count). The van der Waals surface area contributed by atoms with Gasteiger partial charge in [-0.15, -0.1) is 0 Å². The minimum Gasteiger partial charge on any atom is -0.346 e. The molecule has 1 N–H and O–H groups in total. The van der Waals surface area contributed by atoms with Crippen LogP contribution in [0, 0.1) is 0 Å². The number of piperidine rings is 1. The highest BCUT2D eigenvalue weighted by molar-refractivity contribution is 5.72. The van der Waals surface area contributed by atoms with Crippen molar-refractivity contribution in [3.8, 4) is 0 Å². The van der Waals surface area contributed by atoms with Gasteiger partial charge in [0.05, 0.1) is 0 Å². The normalized spacial score (nSPS) is 22.8. The molecule has 0 radical (unpaired) electrons. The SMILES string of the molecule is CC(=O)N(C)CCC1CCCCN1. The fraction of sp³-hybridized carbons (Fsp3) is 0.900. The van der Waals surface area contributed by atoms with Crippen LogP contribution in [0.1, 0.15) is 32.6 Å². The number of carbonyl (C=O) groups excluding carboxylic acids is 1. The first kappa shape index (κ1) is 10.5. The summed E-state index contributed by atoms with van der Waals surface area (Å²) in [4.78, 5) is 12.7. The van der Waals surface area contributed by atoms with Gasteiger partial charge in [-0.3, -0.25) is 4.79 Å². The Morgan fingerprint density at radius 1 is 1.54 bits per heavy atom. The topological polar surface area (TPSA) is 32.3 Å². The highest BCUT2D eigenvalue weighted by atomic mass is 16.2. The van der Waals surface area contributed by atoms with Crippen LogP contribution >= 0.6 is 0 Å². The molecule has 0 spiro atoms. The lowest BCUT2D eigenvalue weighted by molar-refractivity contribution is -0.127. The molecule has 1 amide bonds. The van der Waals surface area contributed by atoms with Crippen molar-refractivity contribution in [3.05, 3.63) is 0 Å². The van der Waals surface area contributed by atoms with Crippen molar-refractivity contribution >= 4 is 5.91 Å². The Labute approximate surface area is 80.5 Å². The van der Waals surface area contributed by atoms with E-state index in [4.69, 9.17) is 0 Å². The number of hydrogen-bond donors (Lipinski definition) is 1. The highest BCUT2D eigenvalue weighted by Crippen LogP contribution is 2.10. The van der Waals surface area contributed by atoms with E-state index in [1.807, 2.05) is 7.05 Å². The third kappa shape index (κ3) is 3.77. The van der Waals surface area contributed by atoms with Crippen LogP contribution in [0.25, 0.3) is 0 Å². The van der Waals surface area contributed by atoms with Crippen molar-refractivity contribution < 1.29 is 4.79 Å². The van der Waals surface area contributed by atoms with Crippen LogP contribution in [0.2, 0.25) is 0 Å². The van der Waals surface area contributed by atoms with Crippen molar-refractivity contribution in [1.29, 1.82) is 0 Å². The molecule has 3 heteroatoms. The molecule has 0 aromatic rings. The summed E-state index contributed by atoms with van der Waals surface area (Å²) in [5, 5.41) is 3.48. The number of hydrogen-bond acceptors (Lipinski definition) is 2. The number of rotatable bonds is 3. The van der Waals surface area contributed by atoms with Gasteiger partial charge in [0.25, 0.3) is 0 Å². The standard InChI is InChI=1S/C10H20N2O/c1-9(13)12(2)8-6-10-5-3-4-7-11-10/h10-11H,3-8H2,1-2H3. The first-order valence-electron chi connectivity index (χ1n) is 5.15. The van der Waals surface area contributed by atoms with Crippen molar-refractivity contribution in [2.24, 2.45) is 0 Å². The molecule has 0 aromatic carbocycles. The third-order valence-electron chi connectivity index (χ3n) is 2.76. The van der Waals surface area contributed by atoms with Crippen LogP contribution in [0.15, 0.2) is 0 Å². The fourth-order valence-electron chi connectivity index (χ4n) is 1.68. The van der Waals surface area contributed by atoms with E-state index >= 15 is 0 Å². The summed E-state index contributed by atoms with van der Waals surface area (Å²) in [7, 11) is 1.87. The van der Waals surface area contributed by atoms with E-state index in [2.05, 4.69) is 5.32 Å². The van der Waals surface area contributed by atoms with Crippen LogP contribution in [-0.2, 0) is 4.79 Å². The largest absolute Gasteiger partial charge is 0.346 e. The number of nitrogens with one attached hydrogen (secondary N) is 1. The van der Waals surface area contributed by atoms with Crippen LogP contribution in [-0.4, -0.2) is 37.0 Å². The van der Waals surface area contributed by atoms with Crippen molar-refractivity contribution in [3.63, 3.8) is 0 Å². The van der Waals surface area contributed by atoms with Crippen LogP contribution in [0.4, 0.5) is 0 Å². The van der Waals surface area contributed by atoms with Crippen molar-refractivity contribution in [2.75, 3.05) is 20.1 Å². The average molecular weight is 184 g/mol. The molecular weight excluding hydrogens is 164 g/mol. The summed E-state index contributed by atoms with van der Waals surface area (Å²) in [6.07, 6.45) is 5.00. The Bertz CT molecular complexity index is 164. The molecule has 1 atom stereocenters. The molecule has 1 aliphatic heterocycles. The molecule has 3 nitrogen and oxygen atoms in total. The minimum absolute atomic E-state index is 0.163. The summed E-state index contributed by atoms with van der Waals surface area (Å²) in [5.74, 6) is 0.163. The van der Waals surface area contributed by atoms with Gasteiger partial charge in [-0.1, -0.05) is 6.42 Å². The lowest BCUT2D eigenvalue weighted by Gasteiger charge is -2.25. The summed E-state index contributed by atoms with van der Waals surface area (Å²) in [6, 6.07) is 0.635. The third-order valence-corrected chi connectivity index (χ3v) is 2.76. The smallest absolute Gasteiger partial charge is 0.219 e. The van der Waals surface area contributed by atoms with Gasteiger partial charge in [-0.2, -0.15) is 0 Å². The molecular formula is C10H20N2O. The maximum atomic E-state index is 10.9. The van der Waals surface area contributed by atoms with Gasteiger partial charge in [0.2, 0.25) is 5.91 Å². The molecule has 1 saturated heterocycles. The van der Waals surface area contributed by atoms with E-state index in [-0.39, 0.29) is 5.91 Å². The zero-order valence-electron chi connectivity index (χ0n) is 8.68. The first-order chi connectivity index (χ1) is 6.20. The zero-order valence-corrected chi connectivity index (χ0v) is 8.68. The first-order valence-corrected chi connectivity index (χ1v) is 5.15. The number of amides is 1. The van der Waals surface area contributed by atoms with Gasteiger partial charge in [0.1, 0.15) is 0 Å². The molecule has 0 aromatic heterocycles. The average Bonchev–Trinajstić information content (AvgIpc) is 2.15. The van der Waals surface area contributed by atoms with Crippen molar-refractivity contribution in [2.45, 2.75) is 38.6 Å². The second-order valence-electron chi connectivity index (χ2n) is 3.88. The van der Waals surface area contributed by atoms with Crippen LogP contribution < -0.4 is 5.32 Å². The summed E-state index contributed by atoms with van der Waals surface area (Å²) < 4.78 is 0. The molecule has 76 valence electrons. The van der Waals surface area contributed by atoms with Crippen LogP contribution in [0.5, 0.6) is 0 Å². The van der Waals surface area contributed by atoms with E-state index in [0.717, 1.165) is 19.5 Å². The van der Waals surface area contributed by atoms with E-state index < -0.39 is 0 Å². The Balaban J connectivity index is 2.13. The molecule has 1 heterocycles. The maximum Gasteiger partial charge on any atom is 0.219 e. The second-order valence-corrected chi connectivity index (χ2v) is 3.88. The van der Waals surface area contributed by atoms with Crippen molar-refractivity contribution in [1.82, 2.24) is 10.2 Å². The monoisotopic (exact) mass is 184 g/mol. The minimum atomic E-state index is 0.163. The molecule has 0 saturated carbocycles. The second kappa shape index (κ2) is 5.22. The molecule has 1 unspecified atom stereocenters. The quantitative estimate of drug-likeness (QED) is 0.709. The lowest BCUT2D eigenvalue weighted by Crippen LogP contribution is -2.37. The summed E-state index contributed by atoms with van der Waals surface area (Å²) in [5.41, 5.74) is 0. The zero-order chi connectivity index (χ0) is 9.68. The summed E-state index contributed by atoms with van der Waals surface area (Å²) in [6.45, 7) is 3.65. The molecule has 1 aliphatic rings. The number of nitrogens with zero attached hydrogens (tertiary/aromatic N) is 1. The van der Waals surface area contributed by atoms with Gasteiger partial charge in [0.15, 0.2) is 0 Å². The Morgan fingerprint density at radius 3 is 2.85 bits per heavy atom. The Morgan fingerprint density at radius 2 is 2.31 bits per heavy atom. The maximum absolute atomic E-state index is 10.9. The van der Waals surface area contributed by atoms with E-state index in [1.165, 1.54) is 19.3 Å². The predicted molar refractivity (Wildman–Crippen MR) is 53.6 cm³/mol. The van der Waals surface area contributed by atoms with E-state index in [9.17, 15) is 4.79 Å². The molecule has 13 heavy (non-hydrogen) atoms. The molecule has 0 aliphatic carbocycles. The van der Waals surface area contributed by atoms with E-state index in [1.54, 1.807) is 11.8 Å². The lowest BCUT2D eigenvalue weighted by atomic mass is 10.0. The van der Waals surface area contributed by atoms with Gasteiger partial charge in [-0.05, 0) is 25.8 Å². The highest BCUT2D eigenvalue weighted by Gasteiger charge is 2.13. The number of carbonyl (C=O) groups is 1. The summed E-state index contributed by atoms with van der Waals surface area (Å²) >= 11 is 0. The van der Waals surface area contributed by atoms with E-state index in [0.29, 0.717) is 6.04 Å². The predicted octanol–water partition coefficient (Wildman–Crippen LogP) is 0.997. The molecule has 1 fully saturated rings. The Hall–Kier alpha value is -0.570. The Kier molecular flexibility index (Phi) is 4.22. The van der Waals surface area contributed by atoms with Gasteiger partial charge < -0.3 is 10.2 Å². The van der Waals surface area contributed by atoms with Crippen LogP contribution in [0.3, 0.4) is 0 Å².